The van der Waals surface area contributed by atoms with Gasteiger partial charge in [0.25, 0.3) is 0 Å². The highest BCUT2D eigenvalue weighted by atomic mass is 16.3. The molecule has 2 rings (SSSR count). The molecule has 0 bridgehead atoms. The van der Waals surface area contributed by atoms with Crippen molar-refractivity contribution in [3.8, 4) is 0 Å². The smallest absolute Gasteiger partial charge is 0.215 e. The van der Waals surface area contributed by atoms with Crippen LogP contribution < -0.4 is 5.73 Å². The lowest BCUT2D eigenvalue weighted by atomic mass is 10.1. The van der Waals surface area contributed by atoms with Crippen LogP contribution in [0.4, 0.5) is 0 Å². The molecule has 0 aliphatic heterocycles. The summed E-state index contributed by atoms with van der Waals surface area (Å²) in [5.74, 6) is 0.578. The maximum Gasteiger partial charge on any atom is 0.215 e. The van der Waals surface area contributed by atoms with Crippen LogP contribution in [0.1, 0.15) is 19.7 Å². The molecule has 1 heterocycles. The van der Waals surface area contributed by atoms with Gasteiger partial charge in [-0.1, -0.05) is 12.1 Å². The SMILES string of the molecule is CC(C)(N)c1nc2ccccc2o1. The fraction of sp³-hybridized carbons (Fsp3) is 0.300. The number of benzene rings is 1. The molecule has 0 atom stereocenters. The van der Waals surface area contributed by atoms with Crippen molar-refractivity contribution >= 4 is 11.1 Å². The predicted molar refractivity (Wildman–Crippen MR) is 51.2 cm³/mol. The molecule has 0 amide bonds. The maximum atomic E-state index is 5.86. The molecule has 0 aliphatic rings. The molecule has 0 spiro atoms. The Morgan fingerprint density at radius 3 is 2.62 bits per heavy atom. The summed E-state index contributed by atoms with van der Waals surface area (Å²) in [5.41, 5.74) is 6.99. The molecular weight excluding hydrogens is 164 g/mol. The number of rotatable bonds is 1. The van der Waals surface area contributed by atoms with E-state index in [1.807, 2.05) is 38.1 Å². The van der Waals surface area contributed by atoms with E-state index in [0.29, 0.717) is 5.89 Å². The lowest BCUT2D eigenvalue weighted by Crippen LogP contribution is -2.28. The minimum Gasteiger partial charge on any atom is -0.439 e. The van der Waals surface area contributed by atoms with Gasteiger partial charge in [-0.2, -0.15) is 0 Å². The van der Waals surface area contributed by atoms with Crippen molar-refractivity contribution in [2.24, 2.45) is 5.73 Å². The summed E-state index contributed by atoms with van der Waals surface area (Å²) < 4.78 is 5.50. The molecule has 0 radical (unpaired) electrons. The molecule has 2 aromatic rings. The molecule has 0 aliphatic carbocycles. The third kappa shape index (κ3) is 1.42. The van der Waals surface area contributed by atoms with Gasteiger partial charge in [0, 0.05) is 0 Å². The van der Waals surface area contributed by atoms with Crippen molar-refractivity contribution in [2.75, 3.05) is 0 Å². The van der Waals surface area contributed by atoms with Crippen molar-refractivity contribution in [1.29, 1.82) is 0 Å². The number of aromatic nitrogens is 1. The zero-order valence-electron chi connectivity index (χ0n) is 7.74. The van der Waals surface area contributed by atoms with Gasteiger partial charge in [-0.05, 0) is 26.0 Å². The summed E-state index contributed by atoms with van der Waals surface area (Å²) in [4.78, 5) is 4.29. The van der Waals surface area contributed by atoms with E-state index in [2.05, 4.69) is 4.98 Å². The molecule has 0 unspecified atom stereocenters. The summed E-state index contributed by atoms with van der Waals surface area (Å²) in [6, 6.07) is 7.64. The van der Waals surface area contributed by atoms with Crippen LogP contribution in [-0.4, -0.2) is 4.98 Å². The number of nitrogens with zero attached hydrogens (tertiary/aromatic N) is 1. The summed E-state index contributed by atoms with van der Waals surface area (Å²) in [6.07, 6.45) is 0. The van der Waals surface area contributed by atoms with Crippen molar-refractivity contribution in [2.45, 2.75) is 19.4 Å². The maximum absolute atomic E-state index is 5.86. The molecular formula is C10H12N2O. The molecule has 0 saturated heterocycles. The van der Waals surface area contributed by atoms with E-state index in [4.69, 9.17) is 10.2 Å². The van der Waals surface area contributed by atoms with Gasteiger partial charge in [0.1, 0.15) is 5.52 Å². The summed E-state index contributed by atoms with van der Waals surface area (Å²) in [5, 5.41) is 0. The van der Waals surface area contributed by atoms with Crippen LogP contribution in [0, 0.1) is 0 Å². The van der Waals surface area contributed by atoms with E-state index in [-0.39, 0.29) is 0 Å². The Kier molecular flexibility index (Phi) is 1.63. The fourth-order valence-corrected chi connectivity index (χ4v) is 1.15. The van der Waals surface area contributed by atoms with Crippen LogP contribution in [0.5, 0.6) is 0 Å². The summed E-state index contributed by atoms with van der Waals surface area (Å²) in [7, 11) is 0. The monoisotopic (exact) mass is 176 g/mol. The van der Waals surface area contributed by atoms with E-state index in [1.165, 1.54) is 0 Å². The standard InChI is InChI=1S/C10H12N2O/c1-10(2,11)9-12-7-5-3-4-6-8(7)13-9/h3-6H,11H2,1-2H3. The van der Waals surface area contributed by atoms with Crippen molar-refractivity contribution in [3.05, 3.63) is 30.2 Å². The van der Waals surface area contributed by atoms with Gasteiger partial charge in [0.2, 0.25) is 5.89 Å². The Hall–Kier alpha value is -1.35. The molecule has 68 valence electrons. The van der Waals surface area contributed by atoms with Crippen LogP contribution in [0.15, 0.2) is 28.7 Å². The lowest BCUT2D eigenvalue weighted by Gasteiger charge is -2.11. The zero-order chi connectivity index (χ0) is 9.47. The van der Waals surface area contributed by atoms with Gasteiger partial charge in [-0.15, -0.1) is 0 Å². The molecule has 2 N–H and O–H groups in total. The number of para-hydroxylation sites is 2. The first kappa shape index (κ1) is 8.26. The Morgan fingerprint density at radius 2 is 2.00 bits per heavy atom. The first-order valence-electron chi connectivity index (χ1n) is 4.22. The zero-order valence-corrected chi connectivity index (χ0v) is 7.74. The van der Waals surface area contributed by atoms with E-state index in [0.717, 1.165) is 11.1 Å². The van der Waals surface area contributed by atoms with Crippen molar-refractivity contribution < 1.29 is 4.42 Å². The number of fused-ring (bicyclic) bond motifs is 1. The third-order valence-electron chi connectivity index (χ3n) is 1.85. The van der Waals surface area contributed by atoms with Crippen LogP contribution in [0.25, 0.3) is 11.1 Å². The highest BCUT2D eigenvalue weighted by Gasteiger charge is 2.20. The number of hydrogen-bond acceptors (Lipinski definition) is 3. The van der Waals surface area contributed by atoms with Crippen LogP contribution >= 0.6 is 0 Å². The molecule has 1 aromatic heterocycles. The second kappa shape index (κ2) is 2.57. The van der Waals surface area contributed by atoms with Gasteiger partial charge in [-0.25, -0.2) is 4.98 Å². The third-order valence-corrected chi connectivity index (χ3v) is 1.85. The number of oxazole rings is 1. The fourth-order valence-electron chi connectivity index (χ4n) is 1.15. The molecule has 3 heteroatoms. The quantitative estimate of drug-likeness (QED) is 0.723. The van der Waals surface area contributed by atoms with Gasteiger partial charge < -0.3 is 10.2 Å². The first-order valence-corrected chi connectivity index (χ1v) is 4.22. The summed E-state index contributed by atoms with van der Waals surface area (Å²) >= 11 is 0. The Labute approximate surface area is 76.6 Å². The van der Waals surface area contributed by atoms with E-state index >= 15 is 0 Å². The minimum absolute atomic E-state index is 0.515. The average Bonchev–Trinajstić information content (AvgIpc) is 2.45. The molecule has 3 nitrogen and oxygen atoms in total. The Bertz CT molecular complexity index is 393. The first-order chi connectivity index (χ1) is 6.07. The van der Waals surface area contributed by atoms with Gasteiger partial charge >= 0.3 is 0 Å². The van der Waals surface area contributed by atoms with Crippen molar-refractivity contribution in [1.82, 2.24) is 4.98 Å². The van der Waals surface area contributed by atoms with Crippen LogP contribution in [0.3, 0.4) is 0 Å². The average molecular weight is 176 g/mol. The topological polar surface area (TPSA) is 52.0 Å². The second-order valence-electron chi connectivity index (χ2n) is 3.71. The highest BCUT2D eigenvalue weighted by molar-refractivity contribution is 5.72. The lowest BCUT2D eigenvalue weighted by molar-refractivity contribution is 0.394. The normalized spacial score (nSPS) is 12.2. The largest absolute Gasteiger partial charge is 0.439 e. The molecule has 13 heavy (non-hydrogen) atoms. The van der Waals surface area contributed by atoms with Gasteiger partial charge in [0.05, 0.1) is 5.54 Å². The summed E-state index contributed by atoms with van der Waals surface area (Å²) in [6.45, 7) is 3.75. The molecule has 0 fully saturated rings. The van der Waals surface area contributed by atoms with Crippen molar-refractivity contribution in [3.63, 3.8) is 0 Å². The molecule has 0 saturated carbocycles. The predicted octanol–water partition coefficient (Wildman–Crippen LogP) is 2.02. The Morgan fingerprint density at radius 1 is 1.31 bits per heavy atom. The van der Waals surface area contributed by atoms with Gasteiger partial charge in [-0.3, -0.25) is 0 Å². The van der Waals surface area contributed by atoms with E-state index < -0.39 is 5.54 Å². The van der Waals surface area contributed by atoms with E-state index in [1.54, 1.807) is 0 Å². The van der Waals surface area contributed by atoms with Gasteiger partial charge in [0.15, 0.2) is 5.58 Å². The molecule has 1 aromatic carbocycles. The number of nitrogens with two attached hydrogens (primary N) is 1. The highest BCUT2D eigenvalue weighted by Crippen LogP contribution is 2.21. The second-order valence-corrected chi connectivity index (χ2v) is 3.71. The van der Waals surface area contributed by atoms with Crippen LogP contribution in [-0.2, 0) is 5.54 Å². The van der Waals surface area contributed by atoms with E-state index in [9.17, 15) is 0 Å². The van der Waals surface area contributed by atoms with Crippen LogP contribution in [0.2, 0.25) is 0 Å². The minimum atomic E-state index is -0.515. The Balaban J connectivity index is 2.63. The number of hydrogen-bond donors (Lipinski definition) is 1.